The third-order valence-electron chi connectivity index (χ3n) is 1.01. The topological polar surface area (TPSA) is 43.6 Å². The molecule has 4 heteroatoms. The molecule has 0 N–H and O–H groups in total. The third kappa shape index (κ3) is 1.32. The largest absolute Gasteiger partial charge is 0.171 e. The molecule has 0 saturated heterocycles. The van der Waals surface area contributed by atoms with E-state index in [1.54, 1.807) is 0 Å². The number of hydrogen-bond acceptors (Lipinski definition) is 3. The van der Waals surface area contributed by atoms with Crippen LogP contribution in [-0.4, -0.2) is 20.2 Å². The summed E-state index contributed by atoms with van der Waals surface area (Å²) in [5.74, 6) is -0.206. The van der Waals surface area contributed by atoms with Gasteiger partial charge in [-0.1, -0.05) is 0 Å². The van der Waals surface area contributed by atoms with Gasteiger partial charge in [-0.05, 0) is 32.8 Å². The Hall–Kier alpha value is -0.930. The lowest BCUT2D eigenvalue weighted by molar-refractivity contribution is 0.305. The second kappa shape index (κ2) is 2.04. The molecule has 0 radical (unpaired) electrons. The highest BCUT2D eigenvalue weighted by molar-refractivity contribution is 4.72. The van der Waals surface area contributed by atoms with Crippen LogP contribution in [0.15, 0.2) is 0 Å². The van der Waals surface area contributed by atoms with Gasteiger partial charge < -0.3 is 0 Å². The Balaban J connectivity index is 3.01. The minimum atomic E-state index is -2.27. The zero-order valence-corrected chi connectivity index (χ0v) is 6.29. The highest BCUT2D eigenvalue weighted by atomic mass is 15.6. The van der Waals surface area contributed by atoms with Gasteiger partial charge in [0.15, 0.2) is 5.82 Å². The summed E-state index contributed by atoms with van der Waals surface area (Å²) < 4.78 is 21.1. The summed E-state index contributed by atoms with van der Waals surface area (Å²) in [6, 6.07) is 0. The van der Waals surface area contributed by atoms with Crippen molar-refractivity contribution in [1.82, 2.24) is 20.2 Å². The fraction of sp³-hybridized carbons (Fsp3) is 0.833. The Morgan fingerprint density at radius 3 is 2.50 bits per heavy atom. The summed E-state index contributed by atoms with van der Waals surface area (Å²) in [5.41, 5.74) is -0.337. The molecule has 1 aromatic rings. The lowest BCUT2D eigenvalue weighted by atomic mass is 10.1. The van der Waals surface area contributed by atoms with E-state index >= 15 is 0 Å². The van der Waals surface area contributed by atoms with E-state index < -0.39 is 6.85 Å². The van der Waals surface area contributed by atoms with Crippen LogP contribution >= 0.6 is 0 Å². The maximum atomic E-state index is 7.05. The molecule has 0 aliphatic heterocycles. The van der Waals surface area contributed by atoms with E-state index in [4.69, 9.17) is 4.11 Å². The maximum Gasteiger partial charge on any atom is 0.171 e. The molecular weight excluding hydrogens is 128 g/mol. The average molecular weight is 143 g/mol. The summed E-state index contributed by atoms with van der Waals surface area (Å²) in [5, 5.41) is 10.9. The maximum absolute atomic E-state index is 7.05. The Morgan fingerprint density at radius 2 is 2.20 bits per heavy atom. The smallest absolute Gasteiger partial charge is 0.159 e. The Labute approximate surface area is 64.5 Å². The zero-order chi connectivity index (χ0) is 10.3. The SMILES string of the molecule is [2H]C([2H])([2H])c1nnn(C(C)(C)C)n1. The number of hydrogen-bond donors (Lipinski definition) is 0. The highest BCUT2D eigenvalue weighted by Gasteiger charge is 2.15. The van der Waals surface area contributed by atoms with Crippen LogP contribution in [0.5, 0.6) is 0 Å². The van der Waals surface area contributed by atoms with Crippen molar-refractivity contribution >= 4 is 0 Å². The summed E-state index contributed by atoms with van der Waals surface area (Å²) in [7, 11) is 0. The van der Waals surface area contributed by atoms with Crippen LogP contribution < -0.4 is 0 Å². The molecule has 0 amide bonds. The number of aromatic nitrogens is 4. The molecule has 0 aromatic carbocycles. The van der Waals surface area contributed by atoms with Crippen molar-refractivity contribution in [3.05, 3.63) is 5.82 Å². The molecule has 1 aromatic heterocycles. The molecule has 0 aliphatic carbocycles. The van der Waals surface area contributed by atoms with E-state index in [9.17, 15) is 0 Å². The van der Waals surface area contributed by atoms with Crippen LogP contribution in [0.4, 0.5) is 0 Å². The molecule has 0 atom stereocenters. The quantitative estimate of drug-likeness (QED) is 0.538. The van der Waals surface area contributed by atoms with Gasteiger partial charge in [0.05, 0.1) is 5.54 Å². The minimum Gasteiger partial charge on any atom is -0.159 e. The fourth-order valence-corrected chi connectivity index (χ4v) is 0.499. The molecular formula is C6H12N4. The number of rotatable bonds is 0. The Bertz CT molecular complexity index is 267. The lowest BCUT2D eigenvalue weighted by Gasteiger charge is -2.15. The van der Waals surface area contributed by atoms with E-state index in [1.807, 2.05) is 20.8 Å². The number of aryl methyl sites for hydroxylation is 1. The Morgan fingerprint density at radius 1 is 1.50 bits per heavy atom. The van der Waals surface area contributed by atoms with Gasteiger partial charge >= 0.3 is 0 Å². The van der Waals surface area contributed by atoms with Crippen molar-refractivity contribution in [3.8, 4) is 0 Å². The van der Waals surface area contributed by atoms with Crippen molar-refractivity contribution < 1.29 is 4.11 Å². The van der Waals surface area contributed by atoms with Gasteiger partial charge in [-0.2, -0.15) is 4.80 Å². The van der Waals surface area contributed by atoms with Crippen molar-refractivity contribution in [2.24, 2.45) is 0 Å². The first-order chi connectivity index (χ1) is 5.71. The van der Waals surface area contributed by atoms with Gasteiger partial charge in [-0.15, -0.1) is 10.2 Å². The van der Waals surface area contributed by atoms with Crippen LogP contribution in [0, 0.1) is 6.85 Å². The van der Waals surface area contributed by atoms with E-state index in [0.29, 0.717) is 0 Å². The van der Waals surface area contributed by atoms with E-state index in [-0.39, 0.29) is 11.4 Å². The number of nitrogens with zero attached hydrogens (tertiary/aromatic N) is 4. The summed E-state index contributed by atoms with van der Waals surface area (Å²) >= 11 is 0. The molecule has 4 nitrogen and oxygen atoms in total. The average Bonchev–Trinajstić information content (AvgIpc) is 2.28. The van der Waals surface area contributed by atoms with Gasteiger partial charge in [0.25, 0.3) is 0 Å². The predicted octanol–water partition coefficient (Wildman–Crippen LogP) is 0.737. The monoisotopic (exact) mass is 143 g/mol. The molecule has 0 fully saturated rings. The van der Waals surface area contributed by atoms with Crippen LogP contribution in [0.3, 0.4) is 0 Å². The highest BCUT2D eigenvalue weighted by Crippen LogP contribution is 2.08. The molecule has 0 aliphatic rings. The molecule has 1 rings (SSSR count). The first-order valence-electron chi connectivity index (χ1n) is 4.52. The molecule has 0 bridgehead atoms. The molecule has 10 heavy (non-hydrogen) atoms. The normalized spacial score (nSPS) is 17.7. The van der Waals surface area contributed by atoms with Crippen molar-refractivity contribution in [1.29, 1.82) is 0 Å². The van der Waals surface area contributed by atoms with Gasteiger partial charge in [-0.3, -0.25) is 0 Å². The molecule has 0 unspecified atom stereocenters. The lowest BCUT2D eigenvalue weighted by Crippen LogP contribution is -2.24. The minimum absolute atomic E-state index is 0.206. The predicted molar refractivity (Wildman–Crippen MR) is 37.6 cm³/mol. The second-order valence-corrected chi connectivity index (χ2v) is 3.07. The van der Waals surface area contributed by atoms with Crippen molar-refractivity contribution in [2.45, 2.75) is 33.2 Å². The van der Waals surface area contributed by atoms with Crippen LogP contribution in [0.25, 0.3) is 0 Å². The zero-order valence-electron chi connectivity index (χ0n) is 9.29. The van der Waals surface area contributed by atoms with Crippen LogP contribution in [0.1, 0.15) is 30.7 Å². The van der Waals surface area contributed by atoms with Gasteiger partial charge in [0.1, 0.15) is 0 Å². The van der Waals surface area contributed by atoms with Crippen molar-refractivity contribution in [2.75, 3.05) is 0 Å². The van der Waals surface area contributed by atoms with E-state index in [2.05, 4.69) is 15.4 Å². The second-order valence-electron chi connectivity index (χ2n) is 3.07. The van der Waals surface area contributed by atoms with E-state index in [1.165, 1.54) is 4.80 Å². The summed E-state index contributed by atoms with van der Waals surface area (Å²) in [6.45, 7) is 3.34. The van der Waals surface area contributed by atoms with E-state index in [0.717, 1.165) is 0 Å². The van der Waals surface area contributed by atoms with Crippen LogP contribution in [0.2, 0.25) is 0 Å². The standard InChI is InChI=1S/C6H12N4/c1-5-7-9-10(8-5)6(2,3)4/h1-4H3/i1D3. The van der Waals surface area contributed by atoms with Crippen molar-refractivity contribution in [3.63, 3.8) is 0 Å². The van der Waals surface area contributed by atoms with Gasteiger partial charge in [0.2, 0.25) is 0 Å². The summed E-state index contributed by atoms with van der Waals surface area (Å²) in [4.78, 5) is 1.30. The molecule has 1 heterocycles. The molecule has 0 spiro atoms. The first kappa shape index (κ1) is 4.05. The fourth-order valence-electron chi connectivity index (χ4n) is 0.499. The van der Waals surface area contributed by atoms with Crippen LogP contribution in [-0.2, 0) is 5.54 Å². The Kier molecular flexibility index (Phi) is 0.826. The van der Waals surface area contributed by atoms with Gasteiger partial charge in [0, 0.05) is 4.11 Å². The summed E-state index contributed by atoms with van der Waals surface area (Å²) in [6.07, 6.45) is 0. The number of tetrazole rings is 1. The van der Waals surface area contributed by atoms with Gasteiger partial charge in [-0.25, -0.2) is 0 Å². The molecule has 56 valence electrons. The first-order valence-corrected chi connectivity index (χ1v) is 3.02. The molecule has 0 saturated carbocycles. The third-order valence-corrected chi connectivity index (χ3v) is 1.01.